The number of benzene rings is 2. The van der Waals surface area contributed by atoms with Gasteiger partial charge in [0.1, 0.15) is 5.82 Å². The molecule has 4 aromatic rings. The number of aromatic nitrogens is 4. The SMILES string of the molecule is CC(C)c1cc(F)cc(-c2ccncc2)c1Nc1nnc(S(=O)(=O)c2ccccc2)[nH]1. The van der Waals surface area contributed by atoms with Gasteiger partial charge >= 0.3 is 0 Å². The van der Waals surface area contributed by atoms with Crippen LogP contribution in [0.2, 0.25) is 0 Å². The molecule has 0 aliphatic carbocycles. The van der Waals surface area contributed by atoms with E-state index in [1.807, 2.05) is 13.8 Å². The average Bonchev–Trinajstić information content (AvgIpc) is 3.25. The van der Waals surface area contributed by atoms with Gasteiger partial charge in [0.05, 0.1) is 10.6 Å². The molecule has 0 saturated carbocycles. The Bertz CT molecular complexity index is 1310. The van der Waals surface area contributed by atoms with Crippen LogP contribution in [-0.2, 0) is 9.84 Å². The lowest BCUT2D eigenvalue weighted by Crippen LogP contribution is -2.05. The molecule has 31 heavy (non-hydrogen) atoms. The van der Waals surface area contributed by atoms with Crippen LogP contribution < -0.4 is 5.32 Å². The summed E-state index contributed by atoms with van der Waals surface area (Å²) in [6, 6.07) is 14.4. The second-order valence-corrected chi connectivity index (χ2v) is 9.09. The molecule has 0 aliphatic heterocycles. The minimum Gasteiger partial charge on any atom is -0.324 e. The van der Waals surface area contributed by atoms with Gasteiger partial charge in [-0.25, -0.2) is 12.8 Å². The molecule has 0 unspecified atom stereocenters. The molecule has 0 atom stereocenters. The minimum atomic E-state index is -3.84. The quantitative estimate of drug-likeness (QED) is 0.453. The zero-order chi connectivity index (χ0) is 22.0. The van der Waals surface area contributed by atoms with Crippen molar-refractivity contribution in [3.8, 4) is 11.1 Å². The number of sulfone groups is 1. The summed E-state index contributed by atoms with van der Waals surface area (Å²) in [5.41, 5.74) is 2.70. The van der Waals surface area contributed by atoms with E-state index in [-0.39, 0.29) is 27.7 Å². The Morgan fingerprint density at radius 3 is 2.39 bits per heavy atom. The molecule has 9 heteroatoms. The van der Waals surface area contributed by atoms with Gasteiger partial charge in [0.25, 0.3) is 5.16 Å². The number of hydrogen-bond acceptors (Lipinski definition) is 6. The molecule has 2 heterocycles. The third-order valence-electron chi connectivity index (χ3n) is 4.76. The Morgan fingerprint density at radius 1 is 1.00 bits per heavy atom. The third kappa shape index (κ3) is 4.17. The summed E-state index contributed by atoms with van der Waals surface area (Å²) in [4.78, 5) is 6.86. The Labute approximate surface area is 179 Å². The summed E-state index contributed by atoms with van der Waals surface area (Å²) in [6.07, 6.45) is 3.25. The standard InChI is InChI=1S/C22H20FN5O2S/c1-14(2)18-12-16(23)13-19(15-8-10-24-11-9-15)20(18)25-21-26-22(28-27-21)31(29,30)17-6-4-3-5-7-17/h3-14H,1-2H3,(H2,25,26,27,28). The number of nitrogens with zero attached hydrogens (tertiary/aromatic N) is 3. The van der Waals surface area contributed by atoms with Crippen molar-refractivity contribution in [3.05, 3.63) is 78.4 Å². The monoisotopic (exact) mass is 437 g/mol. The first-order valence-corrected chi connectivity index (χ1v) is 11.1. The van der Waals surface area contributed by atoms with Crippen LogP contribution in [0.4, 0.5) is 16.0 Å². The van der Waals surface area contributed by atoms with Gasteiger partial charge in [0.15, 0.2) is 0 Å². The maximum atomic E-state index is 14.4. The van der Waals surface area contributed by atoms with Gasteiger partial charge in [0, 0.05) is 18.0 Å². The van der Waals surface area contributed by atoms with Crippen molar-refractivity contribution in [1.82, 2.24) is 20.2 Å². The number of H-pyrrole nitrogens is 1. The number of nitrogens with one attached hydrogen (secondary N) is 2. The predicted molar refractivity (Wildman–Crippen MR) is 115 cm³/mol. The predicted octanol–water partition coefficient (Wildman–Crippen LogP) is 4.71. The minimum absolute atomic E-state index is 0.00534. The molecule has 4 rings (SSSR count). The van der Waals surface area contributed by atoms with Crippen LogP contribution in [-0.4, -0.2) is 28.6 Å². The first-order chi connectivity index (χ1) is 14.9. The van der Waals surface area contributed by atoms with Gasteiger partial charge in [0.2, 0.25) is 15.8 Å². The van der Waals surface area contributed by atoms with Crippen molar-refractivity contribution in [2.75, 3.05) is 5.32 Å². The number of rotatable bonds is 6. The van der Waals surface area contributed by atoms with E-state index < -0.39 is 9.84 Å². The Kier molecular flexibility index (Phi) is 5.51. The van der Waals surface area contributed by atoms with Crippen LogP contribution in [0, 0.1) is 5.82 Å². The van der Waals surface area contributed by atoms with Crippen LogP contribution in [0.1, 0.15) is 25.3 Å². The number of pyridine rings is 1. The molecule has 0 saturated heterocycles. The lowest BCUT2D eigenvalue weighted by molar-refractivity contribution is 0.587. The number of anilines is 2. The molecule has 0 fully saturated rings. The number of aromatic amines is 1. The smallest absolute Gasteiger partial charge is 0.253 e. The molecule has 2 aromatic heterocycles. The van der Waals surface area contributed by atoms with Crippen LogP contribution in [0.5, 0.6) is 0 Å². The Hall–Kier alpha value is -3.59. The summed E-state index contributed by atoms with van der Waals surface area (Å²) in [6.45, 7) is 3.89. The average molecular weight is 438 g/mol. The highest BCUT2D eigenvalue weighted by Gasteiger charge is 2.23. The second kappa shape index (κ2) is 8.27. The first kappa shape index (κ1) is 20.7. The number of halogens is 1. The van der Waals surface area contributed by atoms with E-state index in [1.54, 1.807) is 42.7 Å². The zero-order valence-electron chi connectivity index (χ0n) is 16.9. The lowest BCUT2D eigenvalue weighted by atomic mass is 9.94. The fourth-order valence-electron chi connectivity index (χ4n) is 3.24. The van der Waals surface area contributed by atoms with Crippen molar-refractivity contribution in [2.24, 2.45) is 0 Å². The van der Waals surface area contributed by atoms with Crippen molar-refractivity contribution < 1.29 is 12.8 Å². The van der Waals surface area contributed by atoms with E-state index >= 15 is 0 Å². The third-order valence-corrected chi connectivity index (χ3v) is 6.35. The summed E-state index contributed by atoms with van der Waals surface area (Å²) in [5.74, 6) is -0.237. The molecule has 158 valence electrons. The molecule has 0 spiro atoms. The molecule has 2 aromatic carbocycles. The highest BCUT2D eigenvalue weighted by Crippen LogP contribution is 2.37. The van der Waals surface area contributed by atoms with Gasteiger partial charge in [-0.05, 0) is 53.4 Å². The summed E-state index contributed by atoms with van der Waals surface area (Å²) >= 11 is 0. The van der Waals surface area contributed by atoms with E-state index in [2.05, 4.69) is 25.5 Å². The fraction of sp³-hybridized carbons (Fsp3) is 0.136. The van der Waals surface area contributed by atoms with E-state index in [0.717, 1.165) is 11.1 Å². The second-order valence-electron chi connectivity index (χ2n) is 7.23. The van der Waals surface area contributed by atoms with E-state index in [0.29, 0.717) is 11.3 Å². The van der Waals surface area contributed by atoms with Gasteiger partial charge in [-0.2, -0.15) is 0 Å². The summed E-state index contributed by atoms with van der Waals surface area (Å²) in [5, 5.41) is 10.6. The van der Waals surface area contributed by atoms with E-state index in [4.69, 9.17) is 0 Å². The normalized spacial score (nSPS) is 11.6. The molecule has 2 N–H and O–H groups in total. The summed E-state index contributed by atoms with van der Waals surface area (Å²) in [7, 11) is -3.84. The molecule has 0 bridgehead atoms. The molecular weight excluding hydrogens is 417 g/mol. The van der Waals surface area contributed by atoms with Gasteiger partial charge in [-0.1, -0.05) is 32.0 Å². The molecule has 0 aliphatic rings. The van der Waals surface area contributed by atoms with Crippen molar-refractivity contribution >= 4 is 21.5 Å². The van der Waals surface area contributed by atoms with Gasteiger partial charge < -0.3 is 5.32 Å². The first-order valence-electron chi connectivity index (χ1n) is 9.60. The van der Waals surface area contributed by atoms with Crippen molar-refractivity contribution in [2.45, 2.75) is 29.8 Å². The summed E-state index contributed by atoms with van der Waals surface area (Å²) < 4.78 is 40.0. The van der Waals surface area contributed by atoms with Crippen molar-refractivity contribution in [1.29, 1.82) is 0 Å². The van der Waals surface area contributed by atoms with Crippen LogP contribution in [0.15, 0.2) is 77.0 Å². The maximum absolute atomic E-state index is 14.4. The topological polar surface area (TPSA) is 101 Å². The van der Waals surface area contributed by atoms with E-state index in [9.17, 15) is 12.8 Å². The van der Waals surface area contributed by atoms with Crippen molar-refractivity contribution in [3.63, 3.8) is 0 Å². The van der Waals surface area contributed by atoms with Gasteiger partial charge in [-0.3, -0.25) is 9.97 Å². The molecule has 7 nitrogen and oxygen atoms in total. The van der Waals surface area contributed by atoms with Gasteiger partial charge in [-0.15, -0.1) is 10.2 Å². The fourth-order valence-corrected chi connectivity index (χ4v) is 4.35. The largest absolute Gasteiger partial charge is 0.324 e. The lowest BCUT2D eigenvalue weighted by Gasteiger charge is -2.18. The van der Waals surface area contributed by atoms with Crippen LogP contribution in [0.25, 0.3) is 11.1 Å². The Morgan fingerprint density at radius 2 is 1.71 bits per heavy atom. The van der Waals surface area contributed by atoms with E-state index in [1.165, 1.54) is 24.3 Å². The molecule has 0 radical (unpaired) electrons. The molecular formula is C22H20FN5O2S. The Balaban J connectivity index is 1.77. The highest BCUT2D eigenvalue weighted by molar-refractivity contribution is 7.91. The zero-order valence-corrected chi connectivity index (χ0v) is 17.7. The molecule has 0 amide bonds. The maximum Gasteiger partial charge on any atom is 0.253 e. The number of hydrogen-bond donors (Lipinski definition) is 2. The van der Waals surface area contributed by atoms with Crippen LogP contribution >= 0.6 is 0 Å². The highest BCUT2D eigenvalue weighted by atomic mass is 32.2. The van der Waals surface area contributed by atoms with Crippen LogP contribution in [0.3, 0.4) is 0 Å².